The Morgan fingerprint density at radius 3 is 2.85 bits per heavy atom. The SMILES string of the molecule is CCNc1nc(C(N)=O)ccc1N. The van der Waals surface area contributed by atoms with Gasteiger partial charge in [0, 0.05) is 6.54 Å². The van der Waals surface area contributed by atoms with E-state index in [1.165, 1.54) is 6.07 Å². The largest absolute Gasteiger partial charge is 0.396 e. The number of anilines is 2. The van der Waals surface area contributed by atoms with Crippen molar-refractivity contribution < 1.29 is 4.79 Å². The van der Waals surface area contributed by atoms with Crippen LogP contribution in [0.1, 0.15) is 17.4 Å². The van der Waals surface area contributed by atoms with Crippen LogP contribution in [0.4, 0.5) is 11.5 Å². The molecule has 13 heavy (non-hydrogen) atoms. The highest BCUT2D eigenvalue weighted by atomic mass is 16.1. The zero-order valence-corrected chi connectivity index (χ0v) is 7.37. The van der Waals surface area contributed by atoms with Crippen LogP contribution in [0.3, 0.4) is 0 Å². The van der Waals surface area contributed by atoms with Gasteiger partial charge in [-0.1, -0.05) is 0 Å². The lowest BCUT2D eigenvalue weighted by Crippen LogP contribution is -2.15. The topological polar surface area (TPSA) is 94.0 Å². The van der Waals surface area contributed by atoms with Gasteiger partial charge in [0.15, 0.2) is 0 Å². The smallest absolute Gasteiger partial charge is 0.267 e. The highest BCUT2D eigenvalue weighted by Crippen LogP contribution is 2.14. The molecule has 1 aromatic heterocycles. The van der Waals surface area contributed by atoms with E-state index in [1.807, 2.05) is 6.92 Å². The van der Waals surface area contributed by atoms with Crippen LogP contribution in [0, 0.1) is 0 Å². The second-order valence-electron chi connectivity index (χ2n) is 2.53. The lowest BCUT2D eigenvalue weighted by Gasteiger charge is -2.06. The molecule has 1 aromatic rings. The van der Waals surface area contributed by atoms with E-state index in [1.54, 1.807) is 6.07 Å². The van der Waals surface area contributed by atoms with Crippen LogP contribution in [0.2, 0.25) is 0 Å². The van der Waals surface area contributed by atoms with Crippen LogP contribution in [-0.2, 0) is 0 Å². The van der Waals surface area contributed by atoms with Crippen molar-refractivity contribution >= 4 is 17.4 Å². The molecule has 0 unspecified atom stereocenters. The molecule has 1 heterocycles. The monoisotopic (exact) mass is 180 g/mol. The van der Waals surface area contributed by atoms with Crippen molar-refractivity contribution in [3.8, 4) is 0 Å². The molecule has 0 fully saturated rings. The Labute approximate surface area is 76.1 Å². The van der Waals surface area contributed by atoms with Gasteiger partial charge < -0.3 is 16.8 Å². The minimum Gasteiger partial charge on any atom is -0.396 e. The predicted molar refractivity (Wildman–Crippen MR) is 51.3 cm³/mol. The summed E-state index contributed by atoms with van der Waals surface area (Å²) in [4.78, 5) is 14.7. The normalized spacial score (nSPS) is 9.62. The van der Waals surface area contributed by atoms with Crippen LogP contribution in [0.5, 0.6) is 0 Å². The number of nitrogens with zero attached hydrogens (tertiary/aromatic N) is 1. The molecule has 0 spiro atoms. The van der Waals surface area contributed by atoms with Gasteiger partial charge >= 0.3 is 0 Å². The number of aromatic nitrogens is 1. The maximum absolute atomic E-state index is 10.8. The molecule has 5 N–H and O–H groups in total. The van der Waals surface area contributed by atoms with Gasteiger partial charge in [-0.15, -0.1) is 0 Å². The Morgan fingerprint density at radius 2 is 2.31 bits per heavy atom. The Balaban J connectivity index is 3.03. The summed E-state index contributed by atoms with van der Waals surface area (Å²) in [5.74, 6) is -0.0575. The van der Waals surface area contributed by atoms with E-state index in [2.05, 4.69) is 10.3 Å². The molecular formula is C8H12N4O. The summed E-state index contributed by atoms with van der Waals surface area (Å²) in [5, 5.41) is 2.93. The molecule has 0 aliphatic rings. The van der Waals surface area contributed by atoms with Crippen LogP contribution >= 0.6 is 0 Å². The van der Waals surface area contributed by atoms with Crippen LogP contribution in [0.15, 0.2) is 12.1 Å². The van der Waals surface area contributed by atoms with Crippen LogP contribution in [-0.4, -0.2) is 17.4 Å². The number of rotatable bonds is 3. The number of nitrogens with two attached hydrogens (primary N) is 2. The molecule has 0 aromatic carbocycles. The Hall–Kier alpha value is -1.78. The summed E-state index contributed by atoms with van der Waals surface area (Å²) < 4.78 is 0. The maximum Gasteiger partial charge on any atom is 0.267 e. The number of carbonyl (C=O) groups excluding carboxylic acids is 1. The molecule has 70 valence electrons. The second-order valence-corrected chi connectivity index (χ2v) is 2.53. The lowest BCUT2D eigenvalue weighted by atomic mass is 10.3. The zero-order valence-electron chi connectivity index (χ0n) is 7.37. The lowest BCUT2D eigenvalue weighted by molar-refractivity contribution is 0.0996. The molecule has 0 saturated carbocycles. The molecule has 0 radical (unpaired) electrons. The van der Waals surface area contributed by atoms with Gasteiger partial charge in [0.1, 0.15) is 11.5 Å². The van der Waals surface area contributed by atoms with Gasteiger partial charge in [0.2, 0.25) is 0 Å². The fourth-order valence-electron chi connectivity index (χ4n) is 0.916. The highest BCUT2D eigenvalue weighted by Gasteiger charge is 2.05. The first kappa shape index (κ1) is 9.31. The van der Waals surface area contributed by atoms with E-state index in [0.717, 1.165) is 0 Å². The van der Waals surface area contributed by atoms with Gasteiger partial charge in [-0.05, 0) is 19.1 Å². The summed E-state index contributed by atoms with van der Waals surface area (Å²) in [7, 11) is 0. The summed E-state index contributed by atoms with van der Waals surface area (Å²) >= 11 is 0. The summed E-state index contributed by atoms with van der Waals surface area (Å²) in [6, 6.07) is 3.10. The van der Waals surface area contributed by atoms with Gasteiger partial charge in [0.25, 0.3) is 5.91 Å². The first-order chi connectivity index (χ1) is 6.15. The van der Waals surface area contributed by atoms with Crippen LogP contribution in [0.25, 0.3) is 0 Å². The molecule has 1 amide bonds. The quantitative estimate of drug-likeness (QED) is 0.619. The molecule has 5 nitrogen and oxygen atoms in total. The first-order valence-corrected chi connectivity index (χ1v) is 3.95. The fourth-order valence-corrected chi connectivity index (χ4v) is 0.916. The molecule has 5 heteroatoms. The molecule has 0 saturated heterocycles. The van der Waals surface area contributed by atoms with Crippen molar-refractivity contribution in [2.75, 3.05) is 17.6 Å². The molecule has 0 aliphatic heterocycles. The molecule has 0 atom stereocenters. The minimum absolute atomic E-state index is 0.213. The molecule has 0 bridgehead atoms. The Kier molecular flexibility index (Phi) is 2.69. The van der Waals surface area contributed by atoms with Crippen molar-refractivity contribution in [3.63, 3.8) is 0 Å². The van der Waals surface area contributed by atoms with E-state index < -0.39 is 5.91 Å². The van der Waals surface area contributed by atoms with E-state index in [0.29, 0.717) is 18.1 Å². The number of hydrogen-bond acceptors (Lipinski definition) is 4. The zero-order chi connectivity index (χ0) is 9.84. The van der Waals surface area contributed by atoms with Crippen LogP contribution < -0.4 is 16.8 Å². The van der Waals surface area contributed by atoms with E-state index in [4.69, 9.17) is 11.5 Å². The molecule has 1 rings (SSSR count). The maximum atomic E-state index is 10.8. The van der Waals surface area contributed by atoms with Gasteiger partial charge in [-0.2, -0.15) is 0 Å². The number of carbonyl (C=O) groups is 1. The highest BCUT2D eigenvalue weighted by molar-refractivity contribution is 5.91. The molecule has 0 aliphatic carbocycles. The average Bonchev–Trinajstić information content (AvgIpc) is 2.08. The summed E-state index contributed by atoms with van der Waals surface area (Å²) in [5.41, 5.74) is 11.4. The third kappa shape index (κ3) is 2.08. The summed E-state index contributed by atoms with van der Waals surface area (Å²) in [6.07, 6.45) is 0. The molecular weight excluding hydrogens is 168 g/mol. The third-order valence-electron chi connectivity index (χ3n) is 1.52. The van der Waals surface area contributed by atoms with E-state index in [-0.39, 0.29) is 5.69 Å². The Morgan fingerprint density at radius 1 is 1.62 bits per heavy atom. The van der Waals surface area contributed by atoms with Crippen molar-refractivity contribution in [2.45, 2.75) is 6.92 Å². The Bertz CT molecular complexity index is 324. The van der Waals surface area contributed by atoms with Crippen molar-refractivity contribution in [1.82, 2.24) is 4.98 Å². The second kappa shape index (κ2) is 3.75. The number of nitrogen functional groups attached to an aromatic ring is 1. The number of pyridine rings is 1. The van der Waals surface area contributed by atoms with E-state index >= 15 is 0 Å². The van der Waals surface area contributed by atoms with Crippen molar-refractivity contribution in [2.24, 2.45) is 5.73 Å². The van der Waals surface area contributed by atoms with E-state index in [9.17, 15) is 4.79 Å². The first-order valence-electron chi connectivity index (χ1n) is 3.95. The van der Waals surface area contributed by atoms with Crippen molar-refractivity contribution in [3.05, 3.63) is 17.8 Å². The standard InChI is InChI=1S/C8H12N4O/c1-2-11-8-5(9)3-4-6(12-8)7(10)13/h3-4H,2,9H2,1H3,(H2,10,13)(H,11,12). The minimum atomic E-state index is -0.556. The van der Waals surface area contributed by atoms with Gasteiger partial charge in [-0.3, -0.25) is 4.79 Å². The van der Waals surface area contributed by atoms with Gasteiger partial charge in [-0.25, -0.2) is 4.98 Å². The average molecular weight is 180 g/mol. The third-order valence-corrected chi connectivity index (χ3v) is 1.52. The number of amides is 1. The van der Waals surface area contributed by atoms with Gasteiger partial charge in [0.05, 0.1) is 5.69 Å². The number of primary amides is 1. The predicted octanol–water partition coefficient (Wildman–Crippen LogP) is 0.194. The summed E-state index contributed by atoms with van der Waals surface area (Å²) in [6.45, 7) is 2.61. The van der Waals surface area contributed by atoms with Crippen molar-refractivity contribution in [1.29, 1.82) is 0 Å². The number of hydrogen-bond donors (Lipinski definition) is 3. The number of nitrogens with one attached hydrogen (secondary N) is 1. The fraction of sp³-hybridized carbons (Fsp3) is 0.250.